The Morgan fingerprint density at radius 2 is 1.93 bits per heavy atom. The van der Waals surface area contributed by atoms with Crippen LogP contribution in [0, 0.1) is 0 Å². The van der Waals surface area contributed by atoms with Crippen molar-refractivity contribution < 1.29 is 9.53 Å². The molecule has 0 spiro atoms. The fourth-order valence-corrected chi connectivity index (χ4v) is 3.53. The van der Waals surface area contributed by atoms with Crippen LogP contribution in [-0.4, -0.2) is 39.1 Å². The molecule has 8 nitrogen and oxygen atoms in total. The molecule has 0 radical (unpaired) electrons. The minimum atomic E-state index is -0.184. The largest absolute Gasteiger partial charge is 0.496 e. The van der Waals surface area contributed by atoms with E-state index in [0.29, 0.717) is 43.4 Å². The summed E-state index contributed by atoms with van der Waals surface area (Å²) in [6, 6.07) is 15.0. The van der Waals surface area contributed by atoms with E-state index >= 15 is 0 Å². The van der Waals surface area contributed by atoms with Crippen LogP contribution in [0.1, 0.15) is 12.8 Å². The first-order valence-corrected chi connectivity index (χ1v) is 9.88. The maximum atomic E-state index is 12.4. The predicted molar refractivity (Wildman–Crippen MR) is 115 cm³/mol. The van der Waals surface area contributed by atoms with Gasteiger partial charge in [-0.2, -0.15) is 0 Å². The summed E-state index contributed by atoms with van der Waals surface area (Å²) in [7, 11) is 1.66. The van der Waals surface area contributed by atoms with Gasteiger partial charge in [-0.15, -0.1) is 5.10 Å². The van der Waals surface area contributed by atoms with E-state index in [1.165, 1.54) is 4.68 Å². The van der Waals surface area contributed by atoms with Crippen molar-refractivity contribution in [3.8, 4) is 5.75 Å². The molecule has 2 heterocycles. The zero-order valence-electron chi connectivity index (χ0n) is 16.7. The lowest BCUT2D eigenvalue weighted by Crippen LogP contribution is -2.28. The maximum Gasteiger partial charge on any atom is 0.277 e. The fourth-order valence-electron chi connectivity index (χ4n) is 3.53. The summed E-state index contributed by atoms with van der Waals surface area (Å²) in [6.45, 7) is 1.54. The van der Waals surface area contributed by atoms with Crippen LogP contribution in [0.15, 0.2) is 59.5 Å². The number of nitrogens with one attached hydrogen (secondary N) is 1. The summed E-state index contributed by atoms with van der Waals surface area (Å²) < 4.78 is 8.78. The van der Waals surface area contributed by atoms with Crippen LogP contribution < -0.4 is 15.6 Å². The molecule has 0 bridgehead atoms. The van der Waals surface area contributed by atoms with Crippen molar-refractivity contribution in [2.24, 2.45) is 0 Å². The number of nitrogens with zero attached hydrogens (tertiary/aromatic N) is 4. The molecule has 154 valence electrons. The molecular formula is C22H23N5O3. The number of ether oxygens (including phenoxy) is 1. The smallest absolute Gasteiger partial charge is 0.277 e. The first kappa shape index (κ1) is 19.6. The molecule has 4 rings (SSSR count). The van der Waals surface area contributed by atoms with E-state index in [1.54, 1.807) is 25.3 Å². The van der Waals surface area contributed by atoms with Crippen molar-refractivity contribution in [2.45, 2.75) is 25.9 Å². The van der Waals surface area contributed by atoms with Crippen molar-refractivity contribution >= 4 is 27.7 Å². The minimum Gasteiger partial charge on any atom is -0.496 e. The van der Waals surface area contributed by atoms with Gasteiger partial charge in [-0.1, -0.05) is 23.4 Å². The highest BCUT2D eigenvalue weighted by Crippen LogP contribution is 2.25. The molecule has 0 aliphatic rings. The van der Waals surface area contributed by atoms with Crippen LogP contribution in [0.2, 0.25) is 0 Å². The standard InChI is InChI=1S/C22H23N5O3/c1-30-20-9-4-8-19-17(20)11-14-26(19)15-12-23-21(28)10-5-13-27-22(29)16-6-2-3-7-18(16)24-25-27/h2-4,6-9,11,14H,5,10,12-13,15H2,1H3,(H,23,28). The van der Waals surface area contributed by atoms with E-state index in [4.69, 9.17) is 4.74 Å². The lowest BCUT2D eigenvalue weighted by atomic mass is 10.2. The van der Waals surface area contributed by atoms with Crippen molar-refractivity contribution in [2.75, 3.05) is 13.7 Å². The Morgan fingerprint density at radius 3 is 2.80 bits per heavy atom. The zero-order valence-corrected chi connectivity index (χ0v) is 16.7. The molecule has 0 unspecified atom stereocenters. The van der Waals surface area contributed by atoms with Gasteiger partial charge in [0.05, 0.1) is 18.0 Å². The second-order valence-corrected chi connectivity index (χ2v) is 6.99. The van der Waals surface area contributed by atoms with Gasteiger partial charge < -0.3 is 14.6 Å². The van der Waals surface area contributed by atoms with Gasteiger partial charge in [0.25, 0.3) is 5.56 Å². The number of methoxy groups -OCH3 is 1. The summed E-state index contributed by atoms with van der Waals surface area (Å²) in [6.07, 6.45) is 2.83. The Morgan fingerprint density at radius 1 is 1.07 bits per heavy atom. The Balaban J connectivity index is 1.27. The highest BCUT2D eigenvalue weighted by atomic mass is 16.5. The number of benzene rings is 2. The van der Waals surface area contributed by atoms with Gasteiger partial charge in [0, 0.05) is 37.6 Å². The molecule has 0 aliphatic heterocycles. The van der Waals surface area contributed by atoms with Crippen LogP contribution in [0.3, 0.4) is 0 Å². The number of rotatable bonds is 8. The number of carbonyl (C=O) groups excluding carboxylic acids is 1. The summed E-state index contributed by atoms with van der Waals surface area (Å²) in [5, 5.41) is 12.5. The second-order valence-electron chi connectivity index (χ2n) is 6.99. The average molecular weight is 405 g/mol. The number of hydrogen-bond donors (Lipinski definition) is 1. The maximum absolute atomic E-state index is 12.4. The van der Waals surface area contributed by atoms with E-state index in [2.05, 4.69) is 20.2 Å². The molecular weight excluding hydrogens is 382 g/mol. The lowest BCUT2D eigenvalue weighted by Gasteiger charge is -2.09. The van der Waals surface area contributed by atoms with Crippen LogP contribution in [-0.2, 0) is 17.9 Å². The topological polar surface area (TPSA) is 91.0 Å². The molecule has 2 aromatic carbocycles. The Labute approximate surface area is 173 Å². The lowest BCUT2D eigenvalue weighted by molar-refractivity contribution is -0.121. The Bertz CT molecular complexity index is 1240. The van der Waals surface area contributed by atoms with Gasteiger partial charge in [-0.25, -0.2) is 4.68 Å². The summed E-state index contributed by atoms with van der Waals surface area (Å²) >= 11 is 0. The molecule has 1 amide bonds. The van der Waals surface area contributed by atoms with Crippen LogP contribution in [0.5, 0.6) is 5.75 Å². The molecule has 0 aliphatic carbocycles. The van der Waals surface area contributed by atoms with Gasteiger partial charge in [0.1, 0.15) is 11.3 Å². The van der Waals surface area contributed by atoms with E-state index in [0.717, 1.165) is 16.7 Å². The van der Waals surface area contributed by atoms with Gasteiger partial charge >= 0.3 is 0 Å². The van der Waals surface area contributed by atoms with Crippen LogP contribution >= 0.6 is 0 Å². The number of carbonyl (C=O) groups is 1. The van der Waals surface area contributed by atoms with Gasteiger partial charge in [0.15, 0.2) is 0 Å². The Kier molecular flexibility index (Phi) is 5.74. The van der Waals surface area contributed by atoms with Gasteiger partial charge in [-0.3, -0.25) is 9.59 Å². The van der Waals surface area contributed by atoms with Crippen LogP contribution in [0.4, 0.5) is 0 Å². The highest BCUT2D eigenvalue weighted by molar-refractivity contribution is 5.86. The number of fused-ring (bicyclic) bond motifs is 2. The van der Waals surface area contributed by atoms with Crippen LogP contribution in [0.25, 0.3) is 21.8 Å². The molecule has 0 atom stereocenters. The average Bonchev–Trinajstić information content (AvgIpc) is 3.19. The molecule has 0 saturated heterocycles. The van der Waals surface area contributed by atoms with Crippen molar-refractivity contribution in [1.82, 2.24) is 24.9 Å². The van der Waals surface area contributed by atoms with E-state index in [-0.39, 0.29) is 11.5 Å². The molecule has 2 aromatic heterocycles. The first-order chi connectivity index (χ1) is 14.7. The normalized spacial score (nSPS) is 11.1. The zero-order chi connectivity index (χ0) is 20.9. The SMILES string of the molecule is COc1cccc2c1ccn2CCNC(=O)CCCn1nnc2ccccc2c1=O. The molecule has 4 aromatic rings. The number of amides is 1. The second kappa shape index (κ2) is 8.77. The molecule has 0 fully saturated rings. The molecule has 1 N–H and O–H groups in total. The summed E-state index contributed by atoms with van der Waals surface area (Å²) in [4.78, 5) is 24.6. The minimum absolute atomic E-state index is 0.0501. The van der Waals surface area contributed by atoms with Gasteiger partial charge in [-0.05, 0) is 36.8 Å². The number of hydrogen-bond acceptors (Lipinski definition) is 5. The fraction of sp³-hybridized carbons (Fsp3) is 0.273. The third-order valence-corrected chi connectivity index (χ3v) is 5.07. The van der Waals surface area contributed by atoms with Crippen molar-refractivity contribution in [3.05, 3.63) is 65.1 Å². The quantitative estimate of drug-likeness (QED) is 0.486. The highest BCUT2D eigenvalue weighted by Gasteiger charge is 2.08. The molecule has 30 heavy (non-hydrogen) atoms. The van der Waals surface area contributed by atoms with Crippen molar-refractivity contribution in [1.29, 1.82) is 0 Å². The third kappa shape index (κ3) is 4.03. The summed E-state index contributed by atoms with van der Waals surface area (Å²) in [5.41, 5.74) is 1.46. The van der Waals surface area contributed by atoms with E-state index in [9.17, 15) is 9.59 Å². The molecule has 8 heteroatoms. The van der Waals surface area contributed by atoms with E-state index in [1.807, 2.05) is 36.5 Å². The first-order valence-electron chi connectivity index (χ1n) is 9.88. The Hall–Kier alpha value is -3.68. The van der Waals surface area contributed by atoms with E-state index < -0.39 is 0 Å². The molecule has 0 saturated carbocycles. The van der Waals surface area contributed by atoms with Crippen molar-refractivity contribution in [3.63, 3.8) is 0 Å². The summed E-state index contributed by atoms with van der Waals surface area (Å²) in [5.74, 6) is 0.785. The van der Waals surface area contributed by atoms with Gasteiger partial charge in [0.2, 0.25) is 5.91 Å². The predicted octanol–water partition coefficient (Wildman–Crippen LogP) is 2.35. The third-order valence-electron chi connectivity index (χ3n) is 5.07. The number of aromatic nitrogens is 4. The number of aryl methyl sites for hydroxylation is 1. The monoisotopic (exact) mass is 405 g/mol.